The average molecular weight is 328 g/mol. The number of rotatable bonds is 1. The van der Waals surface area contributed by atoms with Gasteiger partial charge in [-0.25, -0.2) is 0 Å². The highest BCUT2D eigenvalue weighted by Crippen LogP contribution is 2.63. The number of esters is 1. The van der Waals surface area contributed by atoms with E-state index in [0.717, 1.165) is 50.7 Å². The van der Waals surface area contributed by atoms with E-state index in [9.17, 15) is 9.59 Å². The summed E-state index contributed by atoms with van der Waals surface area (Å²) < 4.78 is 5.36. The third-order valence-electron chi connectivity index (χ3n) is 7.72. The maximum absolute atomic E-state index is 12.4. The monoisotopic (exact) mass is 328 g/mol. The van der Waals surface area contributed by atoms with E-state index in [1.165, 1.54) is 12.5 Å². The maximum Gasteiger partial charge on any atom is 0.307 e. The molecule has 3 heteroatoms. The van der Waals surface area contributed by atoms with Crippen LogP contribution >= 0.6 is 0 Å². The zero-order valence-electron chi connectivity index (χ0n) is 15.1. The van der Waals surface area contributed by atoms with E-state index in [0.29, 0.717) is 23.5 Å². The summed E-state index contributed by atoms with van der Waals surface area (Å²) in [6, 6.07) is 0. The van der Waals surface area contributed by atoms with Crippen molar-refractivity contribution in [2.24, 2.45) is 28.6 Å². The number of hydrogen-bond acceptors (Lipinski definition) is 3. The van der Waals surface area contributed by atoms with Crippen molar-refractivity contribution in [1.29, 1.82) is 0 Å². The fourth-order valence-electron chi connectivity index (χ4n) is 6.34. The van der Waals surface area contributed by atoms with Crippen LogP contribution in [0.15, 0.2) is 23.5 Å². The number of carbonyl (C=O) groups excluding carboxylic acids is 2. The van der Waals surface area contributed by atoms with Crippen LogP contribution in [0.5, 0.6) is 0 Å². The molecule has 0 aromatic rings. The fraction of sp³-hybridized carbons (Fsp3) is 0.714. The Balaban J connectivity index is 1.66. The van der Waals surface area contributed by atoms with Crippen LogP contribution < -0.4 is 0 Å². The smallest absolute Gasteiger partial charge is 0.307 e. The molecular weight excluding hydrogens is 300 g/mol. The first-order valence-electron chi connectivity index (χ1n) is 9.47. The molecule has 0 radical (unpaired) electrons. The Morgan fingerprint density at radius 3 is 2.62 bits per heavy atom. The second-order valence-electron chi connectivity index (χ2n) is 8.81. The number of fused-ring (bicyclic) bond motifs is 5. The van der Waals surface area contributed by atoms with Gasteiger partial charge in [0, 0.05) is 25.2 Å². The van der Waals surface area contributed by atoms with Gasteiger partial charge in [0.2, 0.25) is 0 Å². The first-order chi connectivity index (χ1) is 11.3. The normalized spacial score (nSPS) is 44.0. The van der Waals surface area contributed by atoms with Crippen LogP contribution in [-0.4, -0.2) is 11.8 Å². The van der Waals surface area contributed by atoms with Crippen LogP contribution in [0.25, 0.3) is 0 Å². The zero-order chi connectivity index (χ0) is 17.1. The van der Waals surface area contributed by atoms with Crippen LogP contribution in [0.2, 0.25) is 0 Å². The number of allylic oxidation sites excluding steroid dienone is 4. The summed E-state index contributed by atoms with van der Waals surface area (Å²) in [5.74, 6) is 2.98. The molecule has 24 heavy (non-hydrogen) atoms. The van der Waals surface area contributed by atoms with Crippen molar-refractivity contribution in [3.63, 3.8) is 0 Å². The number of ketones is 1. The predicted molar refractivity (Wildman–Crippen MR) is 91.9 cm³/mol. The summed E-state index contributed by atoms with van der Waals surface area (Å²) >= 11 is 0. The first-order valence-corrected chi connectivity index (χ1v) is 9.47. The highest BCUT2D eigenvalue weighted by atomic mass is 16.5. The third kappa shape index (κ3) is 2.16. The molecule has 5 atom stereocenters. The molecular formula is C21H28O3. The molecule has 0 amide bonds. The van der Waals surface area contributed by atoms with Crippen LogP contribution in [-0.2, 0) is 14.3 Å². The standard InChI is InChI=1S/C21H28O3/c1-13(22)24-15-8-10-20(2)14(12-15)4-5-16-17-6-7-19(23)21(17,3)11-9-18(16)20/h4,12,16-18H,5-11H2,1-3H3/t16?,17-,18-,20?,21?/m0/s1. The van der Waals surface area contributed by atoms with Crippen molar-refractivity contribution in [3.8, 4) is 0 Å². The number of hydrogen-bond donors (Lipinski definition) is 0. The molecule has 2 saturated carbocycles. The lowest BCUT2D eigenvalue weighted by Crippen LogP contribution is -2.49. The molecule has 0 heterocycles. The molecule has 0 aliphatic heterocycles. The summed E-state index contributed by atoms with van der Waals surface area (Å²) in [4.78, 5) is 23.7. The molecule has 4 rings (SSSR count). The minimum absolute atomic E-state index is 0.0592. The summed E-state index contributed by atoms with van der Waals surface area (Å²) in [7, 11) is 0. The lowest BCUT2D eigenvalue weighted by atomic mass is 9.49. The van der Waals surface area contributed by atoms with Crippen LogP contribution in [0, 0.1) is 28.6 Å². The van der Waals surface area contributed by atoms with Crippen molar-refractivity contribution < 1.29 is 14.3 Å². The lowest BCUT2D eigenvalue weighted by molar-refractivity contribution is -0.137. The Morgan fingerprint density at radius 2 is 1.88 bits per heavy atom. The molecule has 0 aromatic carbocycles. The zero-order valence-corrected chi connectivity index (χ0v) is 15.1. The van der Waals surface area contributed by atoms with E-state index in [1.807, 2.05) is 0 Å². The van der Waals surface area contributed by atoms with Gasteiger partial charge < -0.3 is 4.74 Å². The van der Waals surface area contributed by atoms with E-state index >= 15 is 0 Å². The SMILES string of the molecule is CC(=O)OC1=CC2=CCC3[C@@H]4CCC(=O)C4(C)CC[C@@H]3C2(C)CC1. The lowest BCUT2D eigenvalue weighted by Gasteiger charge is -2.55. The number of Topliss-reactive ketones (excluding diaryl/α,β-unsaturated/α-hetero) is 1. The molecule has 2 fully saturated rings. The number of ether oxygens (including phenoxy) is 1. The van der Waals surface area contributed by atoms with E-state index in [2.05, 4.69) is 26.0 Å². The minimum Gasteiger partial charge on any atom is -0.431 e. The van der Waals surface area contributed by atoms with Gasteiger partial charge in [-0.2, -0.15) is 0 Å². The first kappa shape index (κ1) is 16.1. The average Bonchev–Trinajstić information content (AvgIpc) is 2.83. The molecule has 130 valence electrons. The van der Waals surface area contributed by atoms with E-state index in [-0.39, 0.29) is 16.8 Å². The van der Waals surface area contributed by atoms with Crippen LogP contribution in [0.1, 0.15) is 65.7 Å². The quantitative estimate of drug-likeness (QED) is 0.662. The molecule has 0 bridgehead atoms. The minimum atomic E-state index is -0.225. The Bertz CT molecular complexity index is 658. The summed E-state index contributed by atoms with van der Waals surface area (Å²) in [5.41, 5.74) is 1.48. The van der Waals surface area contributed by atoms with Crippen molar-refractivity contribution >= 4 is 11.8 Å². The van der Waals surface area contributed by atoms with Crippen molar-refractivity contribution in [3.05, 3.63) is 23.5 Å². The highest BCUT2D eigenvalue weighted by Gasteiger charge is 2.58. The molecule has 0 aromatic heterocycles. The molecule has 3 nitrogen and oxygen atoms in total. The van der Waals surface area contributed by atoms with E-state index in [1.54, 1.807) is 0 Å². The second kappa shape index (κ2) is 5.31. The topological polar surface area (TPSA) is 43.4 Å². The molecule has 0 saturated heterocycles. The van der Waals surface area contributed by atoms with Crippen molar-refractivity contribution in [1.82, 2.24) is 0 Å². The second-order valence-corrected chi connectivity index (χ2v) is 8.81. The van der Waals surface area contributed by atoms with Gasteiger partial charge in [-0.3, -0.25) is 9.59 Å². The van der Waals surface area contributed by atoms with Gasteiger partial charge in [0.25, 0.3) is 0 Å². The summed E-state index contributed by atoms with van der Waals surface area (Å²) in [5, 5.41) is 0. The van der Waals surface area contributed by atoms with Gasteiger partial charge in [-0.05, 0) is 66.9 Å². The van der Waals surface area contributed by atoms with Crippen LogP contribution in [0.3, 0.4) is 0 Å². The molecule has 3 unspecified atom stereocenters. The van der Waals surface area contributed by atoms with E-state index in [4.69, 9.17) is 4.74 Å². The maximum atomic E-state index is 12.4. The Morgan fingerprint density at radius 1 is 1.12 bits per heavy atom. The molecule has 0 N–H and O–H groups in total. The highest BCUT2D eigenvalue weighted by molar-refractivity contribution is 5.87. The van der Waals surface area contributed by atoms with E-state index < -0.39 is 0 Å². The third-order valence-corrected chi connectivity index (χ3v) is 7.72. The molecule has 0 spiro atoms. The predicted octanol–water partition coefficient (Wildman–Crippen LogP) is 4.58. The Kier molecular flexibility index (Phi) is 3.56. The molecule has 4 aliphatic rings. The van der Waals surface area contributed by atoms with Gasteiger partial charge in [0.1, 0.15) is 11.5 Å². The van der Waals surface area contributed by atoms with Crippen LogP contribution in [0.4, 0.5) is 0 Å². The van der Waals surface area contributed by atoms with Gasteiger partial charge >= 0.3 is 5.97 Å². The fourth-order valence-corrected chi connectivity index (χ4v) is 6.34. The van der Waals surface area contributed by atoms with Crippen molar-refractivity contribution in [2.45, 2.75) is 65.7 Å². The van der Waals surface area contributed by atoms with Gasteiger partial charge in [0.05, 0.1) is 0 Å². The van der Waals surface area contributed by atoms with Gasteiger partial charge in [-0.15, -0.1) is 0 Å². The number of carbonyl (C=O) groups is 2. The summed E-state index contributed by atoms with van der Waals surface area (Å²) in [6.07, 6.45) is 11.6. The summed E-state index contributed by atoms with van der Waals surface area (Å²) in [6.45, 7) is 6.10. The Hall–Kier alpha value is -1.38. The largest absolute Gasteiger partial charge is 0.431 e. The van der Waals surface area contributed by atoms with Crippen molar-refractivity contribution in [2.75, 3.05) is 0 Å². The van der Waals surface area contributed by atoms with Gasteiger partial charge in [-0.1, -0.05) is 19.9 Å². The van der Waals surface area contributed by atoms with Gasteiger partial charge in [0.15, 0.2) is 0 Å². The molecule has 4 aliphatic carbocycles. The Labute approximate surface area is 144 Å².